The van der Waals surface area contributed by atoms with Gasteiger partial charge in [0.1, 0.15) is 6.04 Å². The molecule has 1 aromatic rings. The van der Waals surface area contributed by atoms with Crippen LogP contribution >= 0.6 is 0 Å². The molecule has 0 saturated carbocycles. The van der Waals surface area contributed by atoms with Gasteiger partial charge in [-0.15, -0.1) is 0 Å². The molecule has 4 nitrogen and oxygen atoms in total. The van der Waals surface area contributed by atoms with Crippen molar-refractivity contribution in [3.8, 4) is 0 Å². The molecule has 0 aliphatic carbocycles. The molecular formula is C23H36N2O2. The van der Waals surface area contributed by atoms with Crippen LogP contribution in [0.25, 0.3) is 0 Å². The third-order valence-electron chi connectivity index (χ3n) is 5.36. The average molecular weight is 373 g/mol. The van der Waals surface area contributed by atoms with Crippen molar-refractivity contribution in [1.82, 2.24) is 5.32 Å². The van der Waals surface area contributed by atoms with E-state index in [4.69, 9.17) is 0 Å². The van der Waals surface area contributed by atoms with Crippen LogP contribution < -0.4 is 10.2 Å². The predicted octanol–water partition coefficient (Wildman–Crippen LogP) is 5.30. The van der Waals surface area contributed by atoms with Crippen LogP contribution in [0.5, 0.6) is 0 Å². The summed E-state index contributed by atoms with van der Waals surface area (Å²) in [6.45, 7) is 6.63. The molecule has 0 spiro atoms. The van der Waals surface area contributed by atoms with Gasteiger partial charge in [0.2, 0.25) is 5.91 Å². The molecule has 1 aliphatic heterocycles. The molecule has 0 bridgehead atoms. The molecular weight excluding hydrogens is 336 g/mol. The fourth-order valence-electron chi connectivity index (χ4n) is 3.83. The maximum atomic E-state index is 12.9. The quantitative estimate of drug-likeness (QED) is 0.506. The van der Waals surface area contributed by atoms with Crippen LogP contribution in [0, 0.1) is 0 Å². The maximum Gasteiger partial charge on any atom is 0.254 e. The Bertz CT molecular complexity index is 627. The Kier molecular flexibility index (Phi) is 8.83. The van der Waals surface area contributed by atoms with Crippen molar-refractivity contribution in [1.29, 1.82) is 0 Å². The van der Waals surface area contributed by atoms with Crippen molar-refractivity contribution >= 4 is 17.5 Å². The van der Waals surface area contributed by atoms with Gasteiger partial charge in [0.05, 0.1) is 0 Å². The lowest BCUT2D eigenvalue weighted by molar-refractivity contribution is -0.126. The molecule has 1 unspecified atom stereocenters. The number of aryl methyl sites for hydroxylation is 1. The normalized spacial score (nSPS) is 15.9. The first kappa shape index (κ1) is 21.5. The van der Waals surface area contributed by atoms with E-state index < -0.39 is 6.04 Å². The fraction of sp³-hybridized carbons (Fsp3) is 0.652. The Hall–Kier alpha value is -1.84. The highest BCUT2D eigenvalue weighted by Crippen LogP contribution is 2.37. The molecule has 1 aromatic carbocycles. The molecule has 1 atom stereocenters. The van der Waals surface area contributed by atoms with Crippen molar-refractivity contribution in [3.63, 3.8) is 0 Å². The molecule has 27 heavy (non-hydrogen) atoms. The number of benzene rings is 1. The van der Waals surface area contributed by atoms with Crippen molar-refractivity contribution in [2.24, 2.45) is 0 Å². The van der Waals surface area contributed by atoms with Gasteiger partial charge in [-0.1, -0.05) is 70.9 Å². The van der Waals surface area contributed by atoms with Crippen molar-refractivity contribution in [3.05, 3.63) is 29.3 Å². The number of fused-ring (bicyclic) bond motifs is 1. The van der Waals surface area contributed by atoms with Crippen LogP contribution in [0.2, 0.25) is 0 Å². The lowest BCUT2D eigenvalue weighted by Gasteiger charge is -2.18. The zero-order valence-electron chi connectivity index (χ0n) is 17.4. The third kappa shape index (κ3) is 6.08. The molecule has 0 saturated heterocycles. The van der Waals surface area contributed by atoms with Gasteiger partial charge in [0.15, 0.2) is 0 Å². The first-order chi connectivity index (χ1) is 13.1. The summed E-state index contributed by atoms with van der Waals surface area (Å²) in [4.78, 5) is 26.4. The van der Waals surface area contributed by atoms with E-state index >= 15 is 0 Å². The van der Waals surface area contributed by atoms with E-state index in [-0.39, 0.29) is 11.8 Å². The summed E-state index contributed by atoms with van der Waals surface area (Å²) >= 11 is 0. The van der Waals surface area contributed by atoms with Gasteiger partial charge in [0.25, 0.3) is 5.91 Å². The Morgan fingerprint density at radius 3 is 2.33 bits per heavy atom. The summed E-state index contributed by atoms with van der Waals surface area (Å²) in [6.07, 6.45) is 11.9. The highest BCUT2D eigenvalue weighted by Gasteiger charge is 2.37. The SMILES string of the molecule is CCCCCCCCCN1C(=O)C(NC(C)=O)c2cc(CCCC)ccc21. The molecule has 2 amide bonds. The Labute approximate surface area is 164 Å². The first-order valence-electron chi connectivity index (χ1n) is 10.8. The number of nitrogens with zero attached hydrogens (tertiary/aromatic N) is 1. The number of hydrogen-bond acceptors (Lipinski definition) is 2. The number of nitrogens with one attached hydrogen (secondary N) is 1. The van der Waals surface area contributed by atoms with Crippen molar-refractivity contribution < 1.29 is 9.59 Å². The minimum Gasteiger partial charge on any atom is -0.341 e. The van der Waals surface area contributed by atoms with Gasteiger partial charge in [-0.25, -0.2) is 0 Å². The van der Waals surface area contributed by atoms with Crippen LogP contribution in [0.3, 0.4) is 0 Å². The third-order valence-corrected chi connectivity index (χ3v) is 5.36. The number of carbonyl (C=O) groups is 2. The zero-order valence-corrected chi connectivity index (χ0v) is 17.4. The predicted molar refractivity (Wildman–Crippen MR) is 112 cm³/mol. The highest BCUT2D eigenvalue weighted by atomic mass is 16.2. The van der Waals surface area contributed by atoms with Crippen LogP contribution in [0.4, 0.5) is 5.69 Å². The van der Waals surface area contributed by atoms with E-state index in [1.54, 1.807) is 0 Å². The minimum atomic E-state index is -0.524. The number of amides is 2. The molecule has 4 heteroatoms. The fourth-order valence-corrected chi connectivity index (χ4v) is 3.83. The summed E-state index contributed by atoms with van der Waals surface area (Å²) in [6, 6.07) is 5.80. The Morgan fingerprint density at radius 2 is 1.67 bits per heavy atom. The van der Waals surface area contributed by atoms with Crippen molar-refractivity contribution in [2.45, 2.75) is 91.0 Å². The lowest BCUT2D eigenvalue weighted by Crippen LogP contribution is -2.37. The topological polar surface area (TPSA) is 49.4 Å². The van der Waals surface area contributed by atoms with Gasteiger partial charge in [-0.05, 0) is 30.9 Å². The number of carbonyl (C=O) groups excluding carboxylic acids is 2. The van der Waals surface area contributed by atoms with Crippen LogP contribution in [0.15, 0.2) is 18.2 Å². The Morgan fingerprint density at radius 1 is 1.00 bits per heavy atom. The van der Waals surface area contributed by atoms with Crippen LogP contribution in [-0.4, -0.2) is 18.4 Å². The van der Waals surface area contributed by atoms with Gasteiger partial charge >= 0.3 is 0 Å². The molecule has 1 N–H and O–H groups in total. The van der Waals surface area contributed by atoms with E-state index in [1.165, 1.54) is 44.6 Å². The molecule has 1 aliphatic rings. The molecule has 0 aromatic heterocycles. The number of unbranched alkanes of at least 4 members (excludes halogenated alkanes) is 7. The summed E-state index contributed by atoms with van der Waals surface area (Å²) < 4.78 is 0. The van der Waals surface area contributed by atoms with E-state index in [0.29, 0.717) is 0 Å². The van der Waals surface area contributed by atoms with Gasteiger partial charge in [-0.3, -0.25) is 9.59 Å². The van der Waals surface area contributed by atoms with Crippen LogP contribution in [0.1, 0.15) is 95.7 Å². The van der Waals surface area contributed by atoms with Crippen LogP contribution in [-0.2, 0) is 16.0 Å². The zero-order chi connectivity index (χ0) is 19.6. The summed E-state index contributed by atoms with van der Waals surface area (Å²) in [7, 11) is 0. The van der Waals surface area contributed by atoms with E-state index in [2.05, 4.69) is 37.4 Å². The number of hydrogen-bond donors (Lipinski definition) is 1. The highest BCUT2D eigenvalue weighted by molar-refractivity contribution is 6.06. The molecule has 0 radical (unpaired) electrons. The second kappa shape index (κ2) is 11.1. The number of anilines is 1. The number of rotatable bonds is 12. The standard InChI is InChI=1S/C23H36N2O2/c1-4-6-8-9-10-11-12-16-25-21-15-14-19(13-7-5-2)17-20(21)22(23(25)27)24-18(3)26/h14-15,17,22H,4-13,16H2,1-3H3,(H,24,26). The maximum absolute atomic E-state index is 12.9. The Balaban J connectivity index is 2.02. The second-order valence-corrected chi connectivity index (χ2v) is 7.74. The summed E-state index contributed by atoms with van der Waals surface area (Å²) in [5.74, 6) is -0.144. The summed E-state index contributed by atoms with van der Waals surface area (Å²) in [5.41, 5.74) is 3.19. The van der Waals surface area contributed by atoms with E-state index in [0.717, 1.165) is 49.9 Å². The molecule has 1 heterocycles. The lowest BCUT2D eigenvalue weighted by atomic mass is 10.0. The largest absolute Gasteiger partial charge is 0.341 e. The summed E-state index contributed by atoms with van der Waals surface area (Å²) in [5, 5.41) is 2.86. The van der Waals surface area contributed by atoms with Crippen molar-refractivity contribution in [2.75, 3.05) is 11.4 Å². The van der Waals surface area contributed by atoms with E-state index in [9.17, 15) is 9.59 Å². The first-order valence-corrected chi connectivity index (χ1v) is 10.8. The smallest absolute Gasteiger partial charge is 0.254 e. The van der Waals surface area contributed by atoms with Gasteiger partial charge < -0.3 is 10.2 Å². The van der Waals surface area contributed by atoms with Gasteiger partial charge in [0, 0.05) is 24.7 Å². The monoisotopic (exact) mass is 372 g/mol. The molecule has 2 rings (SSSR count). The average Bonchev–Trinajstić information content (AvgIpc) is 2.90. The second-order valence-electron chi connectivity index (χ2n) is 7.74. The van der Waals surface area contributed by atoms with E-state index in [1.807, 2.05) is 4.90 Å². The van der Waals surface area contributed by atoms with Gasteiger partial charge in [-0.2, -0.15) is 0 Å². The molecule has 0 fully saturated rings. The minimum absolute atomic E-state index is 0.0128. The molecule has 150 valence electrons.